The second-order valence-corrected chi connectivity index (χ2v) is 7.54. The van der Waals surface area contributed by atoms with Gasteiger partial charge in [-0.05, 0) is 30.0 Å². The van der Waals surface area contributed by atoms with Crippen molar-refractivity contribution in [3.05, 3.63) is 63.7 Å². The van der Waals surface area contributed by atoms with Crippen LogP contribution in [0.2, 0.25) is 0 Å². The van der Waals surface area contributed by atoms with Gasteiger partial charge in [-0.3, -0.25) is 15.0 Å². The minimum atomic E-state index is -0.395. The third kappa shape index (κ3) is 2.44. The number of nitrogens with zero attached hydrogens (tertiary/aromatic N) is 3. The number of phenols is 1. The summed E-state index contributed by atoms with van der Waals surface area (Å²) in [7, 11) is 1.93. The van der Waals surface area contributed by atoms with E-state index >= 15 is 0 Å². The van der Waals surface area contributed by atoms with Crippen molar-refractivity contribution in [2.75, 3.05) is 25.0 Å². The van der Waals surface area contributed by atoms with Crippen LogP contribution in [0.15, 0.2) is 42.5 Å². The Morgan fingerprint density at radius 3 is 2.73 bits per heavy atom. The molecule has 2 aromatic rings. The Balaban J connectivity index is 1.66. The molecule has 0 bridgehead atoms. The van der Waals surface area contributed by atoms with Gasteiger partial charge in [-0.25, -0.2) is 0 Å². The van der Waals surface area contributed by atoms with Gasteiger partial charge in [0.25, 0.3) is 5.69 Å². The fraction of sp³-hybridized carbons (Fsp3) is 0.400. The molecule has 0 saturated carbocycles. The minimum absolute atomic E-state index is 0.0128. The molecule has 4 rings (SSSR count). The Morgan fingerprint density at radius 2 is 2.04 bits per heavy atom. The lowest BCUT2D eigenvalue weighted by atomic mass is 9.81. The molecular weight excluding hydrogens is 330 g/mol. The van der Waals surface area contributed by atoms with Crippen LogP contribution < -0.4 is 4.90 Å². The highest BCUT2D eigenvalue weighted by Gasteiger charge is 2.55. The normalized spacial score (nSPS) is 24.5. The van der Waals surface area contributed by atoms with E-state index in [2.05, 4.69) is 24.0 Å². The maximum Gasteiger partial charge on any atom is 0.296 e. The third-order valence-electron chi connectivity index (χ3n) is 5.97. The van der Waals surface area contributed by atoms with Crippen molar-refractivity contribution in [1.82, 2.24) is 4.90 Å². The quantitative estimate of drug-likeness (QED) is 0.675. The minimum Gasteiger partial charge on any atom is -0.508 e. The van der Waals surface area contributed by atoms with Crippen LogP contribution in [-0.4, -0.2) is 41.2 Å². The van der Waals surface area contributed by atoms with Gasteiger partial charge in [0, 0.05) is 25.6 Å². The highest BCUT2D eigenvalue weighted by Crippen LogP contribution is 2.55. The first-order chi connectivity index (χ1) is 12.4. The average Bonchev–Trinajstić information content (AvgIpc) is 3.06. The third-order valence-corrected chi connectivity index (χ3v) is 5.97. The van der Waals surface area contributed by atoms with Crippen molar-refractivity contribution in [3.8, 4) is 5.75 Å². The van der Waals surface area contributed by atoms with E-state index in [9.17, 15) is 15.2 Å². The predicted molar refractivity (Wildman–Crippen MR) is 101 cm³/mol. The van der Waals surface area contributed by atoms with E-state index in [0.717, 1.165) is 31.5 Å². The number of likely N-dealkylation sites (tertiary alicyclic amines) is 1. The molecular formula is C20H23N3O3. The predicted octanol–water partition coefficient (Wildman–Crippen LogP) is 3.28. The van der Waals surface area contributed by atoms with Gasteiger partial charge in [0.05, 0.1) is 17.2 Å². The van der Waals surface area contributed by atoms with Crippen LogP contribution in [0, 0.1) is 10.1 Å². The van der Waals surface area contributed by atoms with Crippen molar-refractivity contribution >= 4 is 11.4 Å². The molecule has 1 N–H and O–H groups in total. The first kappa shape index (κ1) is 16.8. The Labute approximate surface area is 152 Å². The molecule has 26 heavy (non-hydrogen) atoms. The van der Waals surface area contributed by atoms with Crippen molar-refractivity contribution in [2.45, 2.75) is 31.3 Å². The monoisotopic (exact) mass is 353 g/mol. The number of nitro benzene ring substituents is 1. The molecule has 2 atom stereocenters. The van der Waals surface area contributed by atoms with E-state index in [1.807, 2.05) is 30.1 Å². The number of hydrogen-bond donors (Lipinski definition) is 1. The molecule has 0 amide bonds. The number of phenolic OH excluding ortho intramolecular Hbond substituents is 1. The maximum atomic E-state index is 11.5. The molecule has 0 spiro atoms. The van der Waals surface area contributed by atoms with Gasteiger partial charge in [-0.15, -0.1) is 0 Å². The first-order valence-corrected chi connectivity index (χ1v) is 8.94. The molecule has 1 fully saturated rings. The van der Waals surface area contributed by atoms with E-state index < -0.39 is 4.92 Å². The highest BCUT2D eigenvalue weighted by atomic mass is 16.6. The maximum absolute atomic E-state index is 11.5. The fourth-order valence-electron chi connectivity index (χ4n) is 4.80. The van der Waals surface area contributed by atoms with E-state index in [0.29, 0.717) is 5.69 Å². The SMILES string of the molecule is CN1c2c([N+](=O)[O-])cc(O)cc2[C@]2(C)CCN(CCc3ccccc3)[C@H]12. The summed E-state index contributed by atoms with van der Waals surface area (Å²) < 4.78 is 0. The van der Waals surface area contributed by atoms with Gasteiger partial charge in [-0.1, -0.05) is 37.3 Å². The Kier molecular flexibility index (Phi) is 3.88. The Morgan fingerprint density at radius 1 is 1.31 bits per heavy atom. The summed E-state index contributed by atoms with van der Waals surface area (Å²) in [4.78, 5) is 15.6. The summed E-state index contributed by atoms with van der Waals surface area (Å²) in [5.41, 5.74) is 2.59. The van der Waals surface area contributed by atoms with Gasteiger partial charge in [0.2, 0.25) is 0 Å². The number of likely N-dealkylation sites (N-methyl/N-ethyl adjacent to an activating group) is 1. The van der Waals surface area contributed by atoms with E-state index in [1.165, 1.54) is 11.6 Å². The van der Waals surface area contributed by atoms with Gasteiger partial charge >= 0.3 is 0 Å². The smallest absolute Gasteiger partial charge is 0.296 e. The standard InChI is InChI=1S/C20H23N3O3/c1-20-9-11-22(10-8-14-6-4-3-5-7-14)19(20)21(2)18-16(20)12-15(24)13-17(18)23(25)26/h3-7,12-13,19,24H,8-11H2,1-2H3/t19-,20-/m0/s1. The van der Waals surface area contributed by atoms with Gasteiger partial charge < -0.3 is 10.0 Å². The number of benzene rings is 2. The van der Waals surface area contributed by atoms with Gasteiger partial charge in [0.15, 0.2) is 0 Å². The molecule has 0 unspecified atom stereocenters. The fourth-order valence-corrected chi connectivity index (χ4v) is 4.80. The van der Waals surface area contributed by atoms with E-state index in [-0.39, 0.29) is 23.0 Å². The lowest BCUT2D eigenvalue weighted by Gasteiger charge is -2.34. The van der Waals surface area contributed by atoms with E-state index in [4.69, 9.17) is 0 Å². The van der Waals surface area contributed by atoms with Crippen LogP contribution in [0.3, 0.4) is 0 Å². The number of aromatic hydroxyl groups is 1. The van der Waals surface area contributed by atoms with Crippen LogP contribution in [0.25, 0.3) is 0 Å². The first-order valence-electron chi connectivity index (χ1n) is 8.94. The summed E-state index contributed by atoms with van der Waals surface area (Å²) in [6.45, 7) is 4.01. The number of nitro groups is 1. The molecule has 6 nitrogen and oxygen atoms in total. The molecule has 136 valence electrons. The van der Waals surface area contributed by atoms with Crippen LogP contribution in [0.5, 0.6) is 5.75 Å². The molecule has 0 aromatic heterocycles. The second kappa shape index (κ2) is 5.99. The summed E-state index contributed by atoms with van der Waals surface area (Å²) >= 11 is 0. The largest absolute Gasteiger partial charge is 0.508 e. The zero-order chi connectivity index (χ0) is 18.5. The molecule has 2 heterocycles. The van der Waals surface area contributed by atoms with Crippen LogP contribution in [0.4, 0.5) is 11.4 Å². The van der Waals surface area contributed by atoms with Gasteiger partial charge in [-0.2, -0.15) is 0 Å². The number of rotatable bonds is 4. The molecule has 0 radical (unpaired) electrons. The summed E-state index contributed by atoms with van der Waals surface area (Å²) in [6, 6.07) is 13.3. The molecule has 6 heteroatoms. The molecule has 2 aliphatic heterocycles. The Hall–Kier alpha value is -2.60. The zero-order valence-corrected chi connectivity index (χ0v) is 15.1. The van der Waals surface area contributed by atoms with Crippen LogP contribution in [-0.2, 0) is 11.8 Å². The number of fused-ring (bicyclic) bond motifs is 3. The van der Waals surface area contributed by atoms with Crippen molar-refractivity contribution in [1.29, 1.82) is 0 Å². The van der Waals surface area contributed by atoms with Crippen LogP contribution >= 0.6 is 0 Å². The van der Waals surface area contributed by atoms with Gasteiger partial charge in [0.1, 0.15) is 11.4 Å². The highest BCUT2D eigenvalue weighted by molar-refractivity contribution is 5.76. The van der Waals surface area contributed by atoms with Crippen LogP contribution in [0.1, 0.15) is 24.5 Å². The van der Waals surface area contributed by atoms with Crippen molar-refractivity contribution < 1.29 is 10.0 Å². The average molecular weight is 353 g/mol. The summed E-state index contributed by atoms with van der Waals surface area (Å²) in [5, 5.41) is 21.6. The molecule has 2 aromatic carbocycles. The zero-order valence-electron chi connectivity index (χ0n) is 15.1. The molecule has 1 saturated heterocycles. The summed E-state index contributed by atoms with van der Waals surface area (Å²) in [6.07, 6.45) is 1.94. The topological polar surface area (TPSA) is 69.8 Å². The lowest BCUT2D eigenvalue weighted by Crippen LogP contribution is -2.47. The Bertz CT molecular complexity index is 855. The van der Waals surface area contributed by atoms with Crippen molar-refractivity contribution in [3.63, 3.8) is 0 Å². The number of hydrogen-bond acceptors (Lipinski definition) is 5. The van der Waals surface area contributed by atoms with E-state index in [1.54, 1.807) is 6.07 Å². The molecule has 2 aliphatic rings. The summed E-state index contributed by atoms with van der Waals surface area (Å²) in [5.74, 6) is -0.0338. The lowest BCUT2D eigenvalue weighted by molar-refractivity contribution is -0.384. The van der Waals surface area contributed by atoms with Crippen molar-refractivity contribution in [2.24, 2.45) is 0 Å². The number of anilines is 1. The second-order valence-electron chi connectivity index (χ2n) is 7.54. The molecule has 0 aliphatic carbocycles.